The number of carboxylic acids is 1. The van der Waals surface area contributed by atoms with Gasteiger partial charge in [0, 0.05) is 25.0 Å². The average molecular weight is 233 g/mol. The highest BCUT2D eigenvalue weighted by Crippen LogP contribution is 2.37. The molecule has 1 aliphatic heterocycles. The molecular formula is C9H19N3O4. The number of carbonyl (C=O) groups is 1. The van der Waals surface area contributed by atoms with E-state index in [4.69, 9.17) is 16.0 Å². The van der Waals surface area contributed by atoms with Crippen LogP contribution in [0.5, 0.6) is 0 Å². The van der Waals surface area contributed by atoms with Gasteiger partial charge in [0.15, 0.2) is 0 Å². The minimum atomic E-state index is -1.45. The van der Waals surface area contributed by atoms with Crippen molar-refractivity contribution < 1.29 is 20.2 Å². The summed E-state index contributed by atoms with van der Waals surface area (Å²) in [4.78, 5) is 11.2. The summed E-state index contributed by atoms with van der Waals surface area (Å²) in [6.07, 6.45) is 0.984. The Kier molecular flexibility index (Phi) is 4.22. The van der Waals surface area contributed by atoms with E-state index in [1.165, 1.54) is 0 Å². The quantitative estimate of drug-likeness (QED) is 0.234. The molecule has 1 rings (SSSR count). The highest BCUT2D eigenvalue weighted by Gasteiger charge is 2.56. The first-order valence-corrected chi connectivity index (χ1v) is 5.23. The summed E-state index contributed by atoms with van der Waals surface area (Å²) in [6.45, 7) is 0.582. The van der Waals surface area contributed by atoms with E-state index in [9.17, 15) is 9.90 Å². The van der Waals surface area contributed by atoms with Gasteiger partial charge in [-0.15, -0.1) is 0 Å². The molecule has 1 saturated heterocycles. The van der Waals surface area contributed by atoms with Crippen LogP contribution in [0.15, 0.2) is 0 Å². The van der Waals surface area contributed by atoms with Gasteiger partial charge < -0.3 is 26.5 Å². The van der Waals surface area contributed by atoms with Crippen molar-refractivity contribution in [3.8, 4) is 0 Å². The van der Waals surface area contributed by atoms with Crippen LogP contribution < -0.4 is 16.5 Å². The summed E-state index contributed by atoms with van der Waals surface area (Å²) in [5.74, 6) is -1.11. The van der Waals surface area contributed by atoms with Crippen molar-refractivity contribution in [1.82, 2.24) is 10.8 Å². The Balaban J connectivity index is 2.80. The van der Waals surface area contributed by atoms with Crippen molar-refractivity contribution in [3.63, 3.8) is 0 Å². The number of hydrogen-bond donors (Lipinski definition) is 6. The number of nitrogens with one attached hydrogen (secondary N) is 2. The second kappa shape index (κ2) is 5.07. The minimum Gasteiger partial charge on any atom is -0.480 e. The van der Waals surface area contributed by atoms with Crippen LogP contribution >= 0.6 is 0 Å². The van der Waals surface area contributed by atoms with Crippen LogP contribution in [-0.4, -0.2) is 53.2 Å². The molecule has 2 unspecified atom stereocenters. The van der Waals surface area contributed by atoms with Crippen molar-refractivity contribution in [2.24, 2.45) is 11.1 Å². The summed E-state index contributed by atoms with van der Waals surface area (Å²) >= 11 is 0. The van der Waals surface area contributed by atoms with Gasteiger partial charge in [0.05, 0.1) is 6.61 Å². The number of nitrogens with two attached hydrogens (primary N) is 1. The van der Waals surface area contributed by atoms with Gasteiger partial charge in [-0.1, -0.05) is 0 Å². The van der Waals surface area contributed by atoms with Crippen LogP contribution in [0.3, 0.4) is 0 Å². The largest absolute Gasteiger partial charge is 0.480 e. The van der Waals surface area contributed by atoms with Crippen molar-refractivity contribution in [2.75, 3.05) is 26.2 Å². The lowest BCUT2D eigenvalue weighted by Crippen LogP contribution is -2.62. The van der Waals surface area contributed by atoms with Crippen LogP contribution in [0.25, 0.3) is 0 Å². The van der Waals surface area contributed by atoms with Gasteiger partial charge in [0.2, 0.25) is 0 Å². The first kappa shape index (κ1) is 13.3. The van der Waals surface area contributed by atoms with Gasteiger partial charge in [-0.2, -0.15) is 0 Å². The number of aliphatic carboxylic acids is 1. The number of aliphatic hydroxyl groups is 1. The second-order valence-corrected chi connectivity index (χ2v) is 4.33. The molecule has 16 heavy (non-hydrogen) atoms. The topological polar surface area (TPSA) is 128 Å². The van der Waals surface area contributed by atoms with E-state index in [2.05, 4.69) is 5.32 Å². The normalized spacial score (nSPS) is 34.2. The van der Waals surface area contributed by atoms with Crippen LogP contribution in [-0.2, 0) is 4.79 Å². The maximum Gasteiger partial charge on any atom is 0.325 e. The lowest BCUT2D eigenvalue weighted by atomic mass is 9.70. The molecule has 0 aromatic rings. The standard InChI is InChI=1S/C9H19N3O4/c10-9(7(14)15)5-11-4-8(9,6-13)2-1-3-12-16/h11-13,16H,1-6,10H2,(H,14,15). The maximum atomic E-state index is 11.2. The fourth-order valence-corrected chi connectivity index (χ4v) is 2.24. The van der Waals surface area contributed by atoms with E-state index in [0.29, 0.717) is 25.9 Å². The Bertz CT molecular complexity index is 263. The van der Waals surface area contributed by atoms with Gasteiger partial charge in [0.1, 0.15) is 5.54 Å². The van der Waals surface area contributed by atoms with Crippen LogP contribution in [0.4, 0.5) is 0 Å². The maximum absolute atomic E-state index is 11.2. The Labute approximate surface area is 93.6 Å². The number of carboxylic acid groups (broad SMARTS) is 1. The summed E-state index contributed by atoms with van der Waals surface area (Å²) in [5, 5.41) is 30.0. The zero-order valence-electron chi connectivity index (χ0n) is 9.07. The van der Waals surface area contributed by atoms with Crippen LogP contribution in [0.2, 0.25) is 0 Å². The van der Waals surface area contributed by atoms with Gasteiger partial charge in [-0.25, -0.2) is 5.48 Å². The highest BCUT2D eigenvalue weighted by atomic mass is 16.5. The molecule has 0 amide bonds. The lowest BCUT2D eigenvalue weighted by molar-refractivity contribution is -0.148. The minimum absolute atomic E-state index is 0.148. The molecule has 7 heteroatoms. The Morgan fingerprint density at radius 3 is 2.69 bits per heavy atom. The van der Waals surface area contributed by atoms with Gasteiger partial charge in [0.25, 0.3) is 0 Å². The van der Waals surface area contributed by atoms with Crippen molar-refractivity contribution >= 4 is 5.97 Å². The summed E-state index contributed by atoms with van der Waals surface area (Å²) < 4.78 is 0. The van der Waals surface area contributed by atoms with Gasteiger partial charge in [-0.3, -0.25) is 4.79 Å². The molecule has 0 radical (unpaired) electrons. The van der Waals surface area contributed by atoms with E-state index < -0.39 is 16.9 Å². The molecule has 0 saturated carbocycles. The van der Waals surface area contributed by atoms with Crippen LogP contribution in [0.1, 0.15) is 12.8 Å². The Morgan fingerprint density at radius 1 is 1.50 bits per heavy atom. The Hall–Kier alpha value is -0.730. The average Bonchev–Trinajstić information content (AvgIpc) is 2.59. The fourth-order valence-electron chi connectivity index (χ4n) is 2.24. The predicted molar refractivity (Wildman–Crippen MR) is 56.0 cm³/mol. The molecular weight excluding hydrogens is 214 g/mol. The molecule has 2 atom stereocenters. The van der Waals surface area contributed by atoms with Crippen LogP contribution in [0, 0.1) is 5.41 Å². The first-order chi connectivity index (χ1) is 7.52. The molecule has 0 aliphatic carbocycles. The number of aliphatic hydroxyl groups excluding tert-OH is 1. The summed E-state index contributed by atoms with van der Waals surface area (Å²) in [6, 6.07) is 0. The zero-order valence-corrected chi connectivity index (χ0v) is 9.07. The van der Waals surface area contributed by atoms with E-state index in [-0.39, 0.29) is 13.2 Å². The van der Waals surface area contributed by atoms with Crippen molar-refractivity contribution in [3.05, 3.63) is 0 Å². The summed E-state index contributed by atoms with van der Waals surface area (Å²) in [5.41, 5.74) is 5.56. The van der Waals surface area contributed by atoms with E-state index >= 15 is 0 Å². The summed E-state index contributed by atoms with van der Waals surface area (Å²) in [7, 11) is 0. The highest BCUT2D eigenvalue weighted by molar-refractivity contribution is 5.81. The molecule has 0 bridgehead atoms. The molecule has 0 spiro atoms. The molecule has 0 aromatic carbocycles. The van der Waals surface area contributed by atoms with Crippen molar-refractivity contribution in [2.45, 2.75) is 18.4 Å². The van der Waals surface area contributed by atoms with Gasteiger partial charge >= 0.3 is 5.97 Å². The third-order valence-electron chi connectivity index (χ3n) is 3.44. The third-order valence-corrected chi connectivity index (χ3v) is 3.44. The van der Waals surface area contributed by atoms with E-state index in [1.807, 2.05) is 5.48 Å². The van der Waals surface area contributed by atoms with E-state index in [0.717, 1.165) is 0 Å². The molecule has 1 fully saturated rings. The molecule has 0 aromatic heterocycles. The third kappa shape index (κ3) is 2.04. The predicted octanol–water partition coefficient (Wildman–Crippen LogP) is -1.89. The molecule has 94 valence electrons. The SMILES string of the molecule is NC1(C(=O)O)CNCC1(CO)CCCNO. The first-order valence-electron chi connectivity index (χ1n) is 5.23. The number of hydrogen-bond acceptors (Lipinski definition) is 6. The molecule has 7 nitrogen and oxygen atoms in total. The number of hydroxylamine groups is 1. The van der Waals surface area contributed by atoms with Gasteiger partial charge in [-0.05, 0) is 12.8 Å². The molecule has 1 aliphatic rings. The molecule has 1 heterocycles. The molecule has 7 N–H and O–H groups in total. The van der Waals surface area contributed by atoms with E-state index in [1.54, 1.807) is 0 Å². The Morgan fingerprint density at radius 2 is 2.19 bits per heavy atom. The zero-order chi connectivity index (χ0) is 12.2. The van der Waals surface area contributed by atoms with Crippen molar-refractivity contribution in [1.29, 1.82) is 0 Å². The lowest BCUT2D eigenvalue weighted by Gasteiger charge is -2.38. The monoisotopic (exact) mass is 233 g/mol. The fraction of sp³-hybridized carbons (Fsp3) is 0.889. The second-order valence-electron chi connectivity index (χ2n) is 4.33. The smallest absolute Gasteiger partial charge is 0.325 e. The number of rotatable bonds is 6.